The summed E-state index contributed by atoms with van der Waals surface area (Å²) in [6.07, 6.45) is 4.78. The van der Waals surface area contributed by atoms with E-state index in [0.717, 1.165) is 19.3 Å². The normalized spacial score (nSPS) is 26.6. The van der Waals surface area contributed by atoms with E-state index in [1.54, 1.807) is 0 Å². The fraction of sp³-hybridized carbons (Fsp3) is 0.800. The third-order valence-electron chi connectivity index (χ3n) is 2.42. The summed E-state index contributed by atoms with van der Waals surface area (Å²) in [7, 11) is 0. The lowest BCUT2D eigenvalue weighted by molar-refractivity contribution is -0.132. The summed E-state index contributed by atoms with van der Waals surface area (Å²) in [6, 6.07) is 0. The molecule has 12 heavy (non-hydrogen) atoms. The first kappa shape index (κ1) is 9.75. The van der Waals surface area contributed by atoms with E-state index in [1.165, 1.54) is 5.57 Å². The molecule has 0 aromatic carbocycles. The molecule has 1 N–H and O–H groups in total. The summed E-state index contributed by atoms with van der Waals surface area (Å²) in [5.41, 5.74) is 1.44. The SMILES string of the molecule is CCOC(O)C1CC=C(C)CC1. The lowest BCUT2D eigenvalue weighted by Crippen LogP contribution is -2.24. The highest BCUT2D eigenvalue weighted by Crippen LogP contribution is 2.26. The Balaban J connectivity index is 2.34. The lowest BCUT2D eigenvalue weighted by atomic mass is 9.90. The largest absolute Gasteiger partial charge is 0.368 e. The maximum absolute atomic E-state index is 9.51. The van der Waals surface area contributed by atoms with Crippen molar-refractivity contribution in [2.24, 2.45) is 5.92 Å². The Bertz CT molecular complexity index is 163. The van der Waals surface area contributed by atoms with E-state index in [1.807, 2.05) is 6.92 Å². The van der Waals surface area contributed by atoms with Crippen LogP contribution in [0, 0.1) is 5.92 Å². The Labute approximate surface area is 74.2 Å². The molecule has 0 radical (unpaired) electrons. The van der Waals surface area contributed by atoms with Crippen molar-refractivity contribution in [2.75, 3.05) is 6.61 Å². The minimum absolute atomic E-state index is 0.314. The van der Waals surface area contributed by atoms with Crippen molar-refractivity contribution < 1.29 is 9.84 Å². The van der Waals surface area contributed by atoms with Gasteiger partial charge in [-0.2, -0.15) is 0 Å². The van der Waals surface area contributed by atoms with Gasteiger partial charge in [0.05, 0.1) is 0 Å². The van der Waals surface area contributed by atoms with Crippen LogP contribution in [0.15, 0.2) is 11.6 Å². The molecule has 1 rings (SSSR count). The first-order valence-corrected chi connectivity index (χ1v) is 4.69. The molecule has 0 spiro atoms. The molecule has 0 saturated carbocycles. The minimum atomic E-state index is -0.556. The van der Waals surface area contributed by atoms with Crippen LogP contribution in [0.5, 0.6) is 0 Å². The summed E-state index contributed by atoms with van der Waals surface area (Å²) in [5.74, 6) is 0.314. The van der Waals surface area contributed by atoms with Crippen molar-refractivity contribution in [3.63, 3.8) is 0 Å². The van der Waals surface area contributed by atoms with Gasteiger partial charge >= 0.3 is 0 Å². The third-order valence-corrected chi connectivity index (χ3v) is 2.42. The Hall–Kier alpha value is -0.340. The molecule has 0 heterocycles. The summed E-state index contributed by atoms with van der Waals surface area (Å²) in [4.78, 5) is 0. The number of allylic oxidation sites excluding steroid dienone is 2. The van der Waals surface area contributed by atoms with Gasteiger partial charge in [0.2, 0.25) is 0 Å². The van der Waals surface area contributed by atoms with Crippen molar-refractivity contribution >= 4 is 0 Å². The van der Waals surface area contributed by atoms with Gasteiger partial charge in [-0.25, -0.2) is 0 Å². The van der Waals surface area contributed by atoms with Gasteiger partial charge < -0.3 is 9.84 Å². The molecule has 70 valence electrons. The standard InChI is InChI=1S/C10H18O2/c1-3-12-10(11)9-6-4-8(2)5-7-9/h4,9-11H,3,5-7H2,1-2H3. The van der Waals surface area contributed by atoms with E-state index in [9.17, 15) is 5.11 Å². The second-order valence-electron chi connectivity index (χ2n) is 3.43. The van der Waals surface area contributed by atoms with Gasteiger partial charge in [-0.15, -0.1) is 0 Å². The molecule has 0 aliphatic heterocycles. The minimum Gasteiger partial charge on any atom is -0.368 e. The second-order valence-corrected chi connectivity index (χ2v) is 3.43. The first-order valence-electron chi connectivity index (χ1n) is 4.69. The number of aliphatic hydroxyl groups is 1. The molecule has 2 unspecified atom stereocenters. The Morgan fingerprint density at radius 2 is 2.50 bits per heavy atom. The Kier molecular flexibility index (Phi) is 3.76. The van der Waals surface area contributed by atoms with E-state index in [2.05, 4.69) is 13.0 Å². The van der Waals surface area contributed by atoms with Crippen molar-refractivity contribution in [1.82, 2.24) is 0 Å². The van der Waals surface area contributed by atoms with Crippen molar-refractivity contribution in [2.45, 2.75) is 39.4 Å². The van der Waals surface area contributed by atoms with Crippen molar-refractivity contribution in [1.29, 1.82) is 0 Å². The van der Waals surface area contributed by atoms with Gasteiger partial charge in [-0.3, -0.25) is 0 Å². The van der Waals surface area contributed by atoms with E-state index in [-0.39, 0.29) is 0 Å². The molecule has 0 amide bonds. The van der Waals surface area contributed by atoms with Crippen LogP contribution in [0.1, 0.15) is 33.1 Å². The van der Waals surface area contributed by atoms with E-state index in [4.69, 9.17) is 4.74 Å². The lowest BCUT2D eigenvalue weighted by Gasteiger charge is -2.24. The highest BCUT2D eigenvalue weighted by Gasteiger charge is 2.20. The van der Waals surface area contributed by atoms with Gasteiger partial charge in [0, 0.05) is 12.5 Å². The average Bonchev–Trinajstić information content (AvgIpc) is 2.06. The third kappa shape index (κ3) is 2.61. The van der Waals surface area contributed by atoms with E-state index < -0.39 is 6.29 Å². The number of hydrogen-bond donors (Lipinski definition) is 1. The average molecular weight is 170 g/mol. The molecule has 2 nitrogen and oxygen atoms in total. The Morgan fingerprint density at radius 1 is 1.75 bits per heavy atom. The second kappa shape index (κ2) is 4.63. The van der Waals surface area contributed by atoms with Crippen molar-refractivity contribution in [3.05, 3.63) is 11.6 Å². The van der Waals surface area contributed by atoms with Gasteiger partial charge in [0.25, 0.3) is 0 Å². The molecule has 2 atom stereocenters. The fourth-order valence-corrected chi connectivity index (χ4v) is 1.55. The predicted molar refractivity (Wildman–Crippen MR) is 48.7 cm³/mol. The van der Waals surface area contributed by atoms with Gasteiger partial charge in [-0.1, -0.05) is 11.6 Å². The molecule has 1 aliphatic rings. The zero-order valence-corrected chi connectivity index (χ0v) is 7.92. The smallest absolute Gasteiger partial charge is 0.157 e. The van der Waals surface area contributed by atoms with Crippen LogP contribution in [-0.4, -0.2) is 18.0 Å². The highest BCUT2D eigenvalue weighted by molar-refractivity contribution is 5.03. The summed E-state index contributed by atoms with van der Waals surface area (Å²) in [6.45, 7) is 4.65. The summed E-state index contributed by atoms with van der Waals surface area (Å²) < 4.78 is 5.14. The summed E-state index contributed by atoms with van der Waals surface area (Å²) >= 11 is 0. The molecular formula is C10H18O2. The highest BCUT2D eigenvalue weighted by atomic mass is 16.6. The molecule has 1 aliphatic carbocycles. The topological polar surface area (TPSA) is 29.5 Å². The van der Waals surface area contributed by atoms with Gasteiger partial charge in [-0.05, 0) is 33.1 Å². The fourth-order valence-electron chi connectivity index (χ4n) is 1.55. The van der Waals surface area contributed by atoms with Crippen LogP contribution in [-0.2, 0) is 4.74 Å². The van der Waals surface area contributed by atoms with E-state index >= 15 is 0 Å². The molecule has 2 heteroatoms. The monoisotopic (exact) mass is 170 g/mol. The number of hydrogen-bond acceptors (Lipinski definition) is 2. The van der Waals surface area contributed by atoms with Crippen LogP contribution in [0.25, 0.3) is 0 Å². The molecule has 0 bridgehead atoms. The van der Waals surface area contributed by atoms with Gasteiger partial charge in [0.15, 0.2) is 6.29 Å². The molecule has 0 fully saturated rings. The quantitative estimate of drug-likeness (QED) is 0.519. The number of ether oxygens (including phenoxy) is 1. The summed E-state index contributed by atoms with van der Waals surface area (Å²) in [5, 5.41) is 9.51. The van der Waals surface area contributed by atoms with Crippen LogP contribution in [0.4, 0.5) is 0 Å². The Morgan fingerprint density at radius 3 is 3.00 bits per heavy atom. The van der Waals surface area contributed by atoms with Crippen LogP contribution >= 0.6 is 0 Å². The first-order chi connectivity index (χ1) is 5.74. The molecule has 0 aromatic rings. The van der Waals surface area contributed by atoms with E-state index in [0.29, 0.717) is 12.5 Å². The van der Waals surface area contributed by atoms with Crippen LogP contribution < -0.4 is 0 Å². The maximum Gasteiger partial charge on any atom is 0.157 e. The van der Waals surface area contributed by atoms with Crippen molar-refractivity contribution in [3.8, 4) is 0 Å². The van der Waals surface area contributed by atoms with Gasteiger partial charge in [0.1, 0.15) is 0 Å². The predicted octanol–water partition coefficient (Wildman–Crippen LogP) is 2.09. The van der Waals surface area contributed by atoms with Crippen LogP contribution in [0.3, 0.4) is 0 Å². The molecule has 0 saturated heterocycles. The molecule has 0 aromatic heterocycles. The molecular weight excluding hydrogens is 152 g/mol. The number of rotatable bonds is 3. The number of aliphatic hydroxyl groups excluding tert-OH is 1. The zero-order valence-electron chi connectivity index (χ0n) is 7.92. The van der Waals surface area contributed by atoms with Crippen LogP contribution in [0.2, 0.25) is 0 Å². The zero-order chi connectivity index (χ0) is 8.97. The maximum atomic E-state index is 9.51.